The van der Waals surface area contributed by atoms with Crippen LogP contribution in [0.25, 0.3) is 0 Å². The Morgan fingerprint density at radius 3 is 1.25 bits per heavy atom. The van der Waals surface area contributed by atoms with Crippen molar-refractivity contribution in [2.24, 2.45) is 0 Å². The van der Waals surface area contributed by atoms with Gasteiger partial charge in [-0.3, -0.25) is 33.7 Å². The number of hydrogen-bond acceptors (Lipinski definition) is 8. The summed E-state index contributed by atoms with van der Waals surface area (Å²) in [5.74, 6) is -3.96. The van der Waals surface area contributed by atoms with E-state index >= 15 is 0 Å². The SMILES string of the molecule is CC(C)(C)OOC(C)(C)NC(=O)C(C)(C)NC(=O)C(C)(C)NC(=O)C(C)(C)NC(=O)C(C)(C)N1C(=O)c2ccccc2C1=O. The van der Waals surface area contributed by atoms with Gasteiger partial charge in [-0.15, -0.1) is 0 Å². The number of hydrogen-bond donors (Lipinski definition) is 4. The van der Waals surface area contributed by atoms with Gasteiger partial charge in [-0.2, -0.15) is 0 Å². The molecule has 0 spiro atoms. The maximum Gasteiger partial charge on any atom is 0.262 e. The molecule has 1 heterocycles. The molecule has 1 aliphatic heterocycles. The minimum Gasteiger partial charge on any atom is -0.340 e. The van der Waals surface area contributed by atoms with Crippen molar-refractivity contribution in [1.29, 1.82) is 0 Å². The van der Waals surface area contributed by atoms with E-state index in [2.05, 4.69) is 21.3 Å². The summed E-state index contributed by atoms with van der Waals surface area (Å²) in [6.45, 7) is 20.1. The van der Waals surface area contributed by atoms with Crippen molar-refractivity contribution in [3.05, 3.63) is 35.4 Å². The first-order valence-corrected chi connectivity index (χ1v) is 14.3. The molecule has 13 heteroatoms. The van der Waals surface area contributed by atoms with Gasteiger partial charge in [0.2, 0.25) is 23.6 Å². The molecule has 244 valence electrons. The fraction of sp³-hybridized carbons (Fsp3) is 0.613. The van der Waals surface area contributed by atoms with Gasteiger partial charge < -0.3 is 21.3 Å². The van der Waals surface area contributed by atoms with Gasteiger partial charge in [0.15, 0.2) is 5.72 Å². The van der Waals surface area contributed by atoms with Gasteiger partial charge in [-0.05, 0) is 102 Å². The summed E-state index contributed by atoms with van der Waals surface area (Å²) in [4.78, 5) is 90.6. The van der Waals surface area contributed by atoms with E-state index in [4.69, 9.17) is 9.78 Å². The Bertz CT molecular complexity index is 1320. The van der Waals surface area contributed by atoms with E-state index in [1.54, 1.807) is 46.8 Å². The van der Waals surface area contributed by atoms with Gasteiger partial charge in [0.05, 0.1) is 16.7 Å². The highest BCUT2D eigenvalue weighted by Gasteiger charge is 2.50. The predicted octanol–water partition coefficient (Wildman–Crippen LogP) is 2.34. The van der Waals surface area contributed by atoms with E-state index in [1.807, 2.05) is 0 Å². The van der Waals surface area contributed by atoms with Crippen molar-refractivity contribution in [3.8, 4) is 0 Å². The van der Waals surface area contributed by atoms with Crippen LogP contribution in [-0.4, -0.2) is 73.8 Å². The van der Waals surface area contributed by atoms with E-state index in [1.165, 1.54) is 67.5 Å². The number of rotatable bonds is 11. The topological polar surface area (TPSA) is 172 Å². The molecule has 6 amide bonds. The first-order valence-electron chi connectivity index (χ1n) is 14.3. The molecule has 13 nitrogen and oxygen atoms in total. The molecule has 0 radical (unpaired) electrons. The highest BCUT2D eigenvalue weighted by Crippen LogP contribution is 2.30. The second-order valence-corrected chi connectivity index (χ2v) is 14.5. The highest BCUT2D eigenvalue weighted by atomic mass is 17.2. The van der Waals surface area contributed by atoms with Gasteiger partial charge in [0, 0.05) is 0 Å². The van der Waals surface area contributed by atoms with Crippen LogP contribution in [-0.2, 0) is 29.0 Å². The lowest BCUT2D eigenvalue weighted by Crippen LogP contribution is -2.68. The molecule has 0 aromatic heterocycles. The predicted molar refractivity (Wildman–Crippen MR) is 162 cm³/mol. The Morgan fingerprint density at radius 2 is 0.886 bits per heavy atom. The van der Waals surface area contributed by atoms with Crippen LogP contribution in [0.4, 0.5) is 0 Å². The Hall–Kier alpha value is -3.84. The van der Waals surface area contributed by atoms with Crippen molar-refractivity contribution in [1.82, 2.24) is 26.2 Å². The molecule has 0 saturated carbocycles. The quantitative estimate of drug-likeness (QED) is 0.127. The number of nitrogens with one attached hydrogen (secondary N) is 4. The zero-order valence-corrected chi connectivity index (χ0v) is 28.0. The van der Waals surface area contributed by atoms with Gasteiger partial charge in [-0.25, -0.2) is 9.78 Å². The molecule has 1 aliphatic rings. The monoisotopic (exact) mass is 617 g/mol. The summed E-state index contributed by atoms with van der Waals surface area (Å²) >= 11 is 0. The third-order valence-corrected chi connectivity index (χ3v) is 6.80. The van der Waals surface area contributed by atoms with Crippen LogP contribution in [0.1, 0.15) is 111 Å². The number of imide groups is 1. The smallest absolute Gasteiger partial charge is 0.262 e. The molecule has 0 fully saturated rings. The standard InChI is InChI=1S/C31H47N5O8/c1-26(2,3)43-44-31(12,13)35-24(41)29(8,9)33-22(39)27(4,5)32-23(40)28(6,7)34-25(42)30(10,11)36-20(37)18-16-14-15-17-19(18)21(36)38/h14-17H,1-13H3,(H,32,40)(H,33,39)(H,34,42)(H,35,41). The lowest BCUT2D eigenvalue weighted by atomic mass is 9.94. The van der Waals surface area contributed by atoms with Crippen LogP contribution in [0, 0.1) is 0 Å². The average Bonchev–Trinajstić information content (AvgIpc) is 3.11. The fourth-order valence-electron chi connectivity index (χ4n) is 3.97. The summed E-state index contributed by atoms with van der Waals surface area (Å²) in [5, 5.41) is 10.5. The molecule has 44 heavy (non-hydrogen) atoms. The van der Waals surface area contributed by atoms with Crippen LogP contribution < -0.4 is 21.3 Å². The molecular formula is C31H47N5O8. The third-order valence-electron chi connectivity index (χ3n) is 6.80. The van der Waals surface area contributed by atoms with E-state index in [9.17, 15) is 28.8 Å². The zero-order valence-electron chi connectivity index (χ0n) is 28.0. The summed E-state index contributed by atoms with van der Waals surface area (Å²) in [6, 6.07) is 6.26. The zero-order chi connectivity index (χ0) is 34.3. The second kappa shape index (κ2) is 11.9. The summed E-state index contributed by atoms with van der Waals surface area (Å²) in [7, 11) is 0. The van der Waals surface area contributed by atoms with Gasteiger partial charge in [0.1, 0.15) is 22.2 Å². The number of amides is 6. The Balaban J connectivity index is 2.09. The van der Waals surface area contributed by atoms with Gasteiger partial charge >= 0.3 is 0 Å². The van der Waals surface area contributed by atoms with Crippen molar-refractivity contribution in [2.45, 2.75) is 123 Å². The van der Waals surface area contributed by atoms with E-state index in [0.717, 1.165) is 4.90 Å². The lowest BCUT2D eigenvalue weighted by molar-refractivity contribution is -0.401. The number of carbonyl (C=O) groups is 6. The summed E-state index contributed by atoms with van der Waals surface area (Å²) in [5.41, 5.74) is -7.65. The number of carbonyl (C=O) groups excluding carboxylic acids is 6. The van der Waals surface area contributed by atoms with Crippen LogP contribution in [0.15, 0.2) is 24.3 Å². The van der Waals surface area contributed by atoms with Crippen molar-refractivity contribution < 1.29 is 38.5 Å². The Kier molecular flexibility index (Phi) is 9.85. The minimum absolute atomic E-state index is 0.189. The van der Waals surface area contributed by atoms with Crippen molar-refractivity contribution >= 4 is 35.4 Å². The molecule has 0 saturated heterocycles. The Morgan fingerprint density at radius 1 is 0.545 bits per heavy atom. The van der Waals surface area contributed by atoms with Gasteiger partial charge in [0.25, 0.3) is 11.8 Å². The number of benzene rings is 1. The molecular weight excluding hydrogens is 570 g/mol. The molecule has 2 rings (SSSR count). The van der Waals surface area contributed by atoms with E-state index < -0.39 is 68.9 Å². The second-order valence-electron chi connectivity index (χ2n) is 14.5. The molecule has 0 atom stereocenters. The van der Waals surface area contributed by atoms with Crippen LogP contribution in [0.2, 0.25) is 0 Å². The largest absolute Gasteiger partial charge is 0.340 e. The van der Waals surface area contributed by atoms with Crippen LogP contribution in [0.5, 0.6) is 0 Å². The van der Waals surface area contributed by atoms with E-state index in [0.29, 0.717) is 0 Å². The van der Waals surface area contributed by atoms with Gasteiger partial charge in [-0.1, -0.05) is 12.1 Å². The molecule has 0 aliphatic carbocycles. The van der Waals surface area contributed by atoms with E-state index in [-0.39, 0.29) is 11.1 Å². The minimum atomic E-state index is -1.65. The molecule has 0 bridgehead atoms. The Labute approximate surface area is 259 Å². The molecule has 4 N–H and O–H groups in total. The maximum atomic E-state index is 13.4. The maximum absolute atomic E-state index is 13.4. The molecule has 0 unspecified atom stereocenters. The first kappa shape index (κ1) is 36.4. The lowest BCUT2D eigenvalue weighted by Gasteiger charge is -2.38. The number of nitrogens with zero attached hydrogens (tertiary/aromatic N) is 1. The normalized spacial score (nSPS) is 14.6. The molecule has 1 aromatic rings. The van der Waals surface area contributed by atoms with Crippen LogP contribution >= 0.6 is 0 Å². The molecule has 1 aromatic carbocycles. The van der Waals surface area contributed by atoms with Crippen LogP contribution in [0.3, 0.4) is 0 Å². The average molecular weight is 618 g/mol. The first-order chi connectivity index (χ1) is 19.6. The van der Waals surface area contributed by atoms with Crippen molar-refractivity contribution in [3.63, 3.8) is 0 Å². The number of fused-ring (bicyclic) bond motifs is 1. The fourth-order valence-corrected chi connectivity index (χ4v) is 3.97. The third kappa shape index (κ3) is 8.20. The van der Waals surface area contributed by atoms with Crippen molar-refractivity contribution in [2.75, 3.05) is 0 Å². The highest BCUT2D eigenvalue weighted by molar-refractivity contribution is 6.23. The summed E-state index contributed by atoms with van der Waals surface area (Å²) < 4.78 is 0. The summed E-state index contributed by atoms with van der Waals surface area (Å²) in [6.07, 6.45) is 0.